The number of aliphatic hydroxyl groups is 1. The molecule has 0 unspecified atom stereocenters. The van der Waals surface area contributed by atoms with E-state index >= 15 is 0 Å². The number of phenols is 1. The van der Waals surface area contributed by atoms with Crippen molar-refractivity contribution in [2.75, 3.05) is 13.1 Å². The lowest BCUT2D eigenvalue weighted by Gasteiger charge is -2.15. The molecule has 0 bridgehead atoms. The molecule has 0 aromatic heterocycles. The average Bonchev–Trinajstić information content (AvgIpc) is 2.64. The minimum Gasteiger partial charge on any atom is -0.508 e. The molecule has 0 spiro atoms. The molecule has 80 valence electrons. The third kappa shape index (κ3) is 2.10. The molecule has 1 amide bonds. The minimum atomic E-state index is -0.411. The molecule has 0 saturated carbocycles. The van der Waals surface area contributed by atoms with Crippen molar-refractivity contribution in [3.05, 3.63) is 29.8 Å². The summed E-state index contributed by atoms with van der Waals surface area (Å²) in [6, 6.07) is 6.25. The van der Waals surface area contributed by atoms with Crippen molar-refractivity contribution in [3.63, 3.8) is 0 Å². The zero-order chi connectivity index (χ0) is 10.8. The Bertz CT molecular complexity index is 378. The van der Waals surface area contributed by atoms with Gasteiger partial charge < -0.3 is 15.1 Å². The van der Waals surface area contributed by atoms with Gasteiger partial charge in [0.2, 0.25) is 0 Å². The number of phenolic OH excluding ortho intramolecular Hbond substituents is 1. The predicted octanol–water partition coefficient (Wildman–Crippen LogP) is 0.599. The van der Waals surface area contributed by atoms with Crippen molar-refractivity contribution in [3.8, 4) is 5.75 Å². The summed E-state index contributed by atoms with van der Waals surface area (Å²) in [5.74, 6) is -0.0527. The summed E-state index contributed by atoms with van der Waals surface area (Å²) in [5.41, 5.74) is 0.462. The number of benzene rings is 1. The first-order valence-corrected chi connectivity index (χ1v) is 4.93. The van der Waals surface area contributed by atoms with Crippen LogP contribution in [0.4, 0.5) is 0 Å². The zero-order valence-electron chi connectivity index (χ0n) is 8.26. The number of carbonyl (C=O) groups is 1. The monoisotopic (exact) mass is 207 g/mol. The maximum Gasteiger partial charge on any atom is 0.254 e. The lowest BCUT2D eigenvalue weighted by atomic mass is 10.2. The van der Waals surface area contributed by atoms with Gasteiger partial charge in [-0.05, 0) is 24.6 Å². The summed E-state index contributed by atoms with van der Waals surface area (Å²) in [4.78, 5) is 13.4. The van der Waals surface area contributed by atoms with E-state index in [-0.39, 0.29) is 11.7 Å². The van der Waals surface area contributed by atoms with Crippen LogP contribution in [0, 0.1) is 0 Å². The van der Waals surface area contributed by atoms with Crippen LogP contribution < -0.4 is 0 Å². The number of aliphatic hydroxyl groups excluding tert-OH is 1. The summed E-state index contributed by atoms with van der Waals surface area (Å²) in [6.07, 6.45) is 0.219. The molecular weight excluding hydrogens is 194 g/mol. The van der Waals surface area contributed by atoms with Crippen LogP contribution in [0.2, 0.25) is 0 Å². The Morgan fingerprint density at radius 2 is 2.27 bits per heavy atom. The van der Waals surface area contributed by atoms with Gasteiger partial charge in [0, 0.05) is 18.7 Å². The van der Waals surface area contributed by atoms with Crippen LogP contribution in [-0.2, 0) is 0 Å². The van der Waals surface area contributed by atoms with E-state index in [0.717, 1.165) is 0 Å². The topological polar surface area (TPSA) is 60.8 Å². The highest BCUT2D eigenvalue weighted by Crippen LogP contribution is 2.16. The van der Waals surface area contributed by atoms with Gasteiger partial charge in [0.05, 0.1) is 6.10 Å². The van der Waals surface area contributed by atoms with Gasteiger partial charge >= 0.3 is 0 Å². The molecule has 1 aliphatic heterocycles. The summed E-state index contributed by atoms with van der Waals surface area (Å²) in [7, 11) is 0. The van der Waals surface area contributed by atoms with Gasteiger partial charge in [-0.25, -0.2) is 0 Å². The highest BCUT2D eigenvalue weighted by atomic mass is 16.3. The number of β-amino-alcohol motifs (C(OH)–C–C–N with tert-alkyl or cyclic N) is 1. The summed E-state index contributed by atoms with van der Waals surface area (Å²) in [5, 5.41) is 18.5. The quantitative estimate of drug-likeness (QED) is 0.709. The van der Waals surface area contributed by atoms with Crippen LogP contribution in [0.25, 0.3) is 0 Å². The lowest BCUT2D eigenvalue weighted by Crippen LogP contribution is -2.29. The van der Waals surface area contributed by atoms with Gasteiger partial charge in [-0.1, -0.05) is 6.07 Å². The molecular formula is C11H13NO3. The Hall–Kier alpha value is -1.55. The fourth-order valence-corrected chi connectivity index (χ4v) is 1.75. The maximum absolute atomic E-state index is 11.8. The summed E-state index contributed by atoms with van der Waals surface area (Å²) in [6.45, 7) is 0.962. The van der Waals surface area contributed by atoms with Crippen LogP contribution in [-0.4, -0.2) is 40.2 Å². The molecule has 4 heteroatoms. The van der Waals surface area contributed by atoms with Gasteiger partial charge in [-0.2, -0.15) is 0 Å². The third-order valence-corrected chi connectivity index (χ3v) is 2.54. The smallest absolute Gasteiger partial charge is 0.254 e. The number of hydrogen-bond acceptors (Lipinski definition) is 3. The van der Waals surface area contributed by atoms with Crippen molar-refractivity contribution < 1.29 is 15.0 Å². The van der Waals surface area contributed by atoms with Gasteiger partial charge in [0.25, 0.3) is 5.91 Å². The molecule has 1 fully saturated rings. The molecule has 1 atom stereocenters. The predicted molar refractivity (Wildman–Crippen MR) is 54.6 cm³/mol. The van der Waals surface area contributed by atoms with Crippen molar-refractivity contribution in [1.82, 2.24) is 4.90 Å². The first-order valence-electron chi connectivity index (χ1n) is 4.93. The largest absolute Gasteiger partial charge is 0.508 e. The number of likely N-dealkylation sites (tertiary alicyclic amines) is 1. The normalized spacial score (nSPS) is 20.6. The standard InChI is InChI=1S/C11H13NO3/c13-9-3-1-2-8(6-9)11(15)12-5-4-10(14)7-12/h1-3,6,10,13-14H,4-5,7H2/t10-/m1/s1. The second-order valence-corrected chi connectivity index (χ2v) is 3.74. The van der Waals surface area contributed by atoms with Crippen molar-refractivity contribution in [1.29, 1.82) is 0 Å². The van der Waals surface area contributed by atoms with E-state index in [0.29, 0.717) is 25.1 Å². The molecule has 4 nitrogen and oxygen atoms in total. The van der Waals surface area contributed by atoms with Crippen LogP contribution in [0.1, 0.15) is 16.8 Å². The molecule has 2 rings (SSSR count). The SMILES string of the molecule is O=C(c1cccc(O)c1)N1CC[C@@H](O)C1. The Morgan fingerprint density at radius 1 is 1.47 bits per heavy atom. The fourth-order valence-electron chi connectivity index (χ4n) is 1.75. The molecule has 15 heavy (non-hydrogen) atoms. The summed E-state index contributed by atoms with van der Waals surface area (Å²) < 4.78 is 0. The number of hydrogen-bond donors (Lipinski definition) is 2. The van der Waals surface area contributed by atoms with Gasteiger partial charge in [0.1, 0.15) is 5.75 Å². The highest BCUT2D eigenvalue weighted by Gasteiger charge is 2.25. The highest BCUT2D eigenvalue weighted by molar-refractivity contribution is 5.94. The zero-order valence-corrected chi connectivity index (χ0v) is 8.26. The van der Waals surface area contributed by atoms with E-state index in [9.17, 15) is 15.0 Å². The number of nitrogens with zero attached hydrogens (tertiary/aromatic N) is 1. The first kappa shape index (κ1) is 9.98. The molecule has 1 aromatic rings. The van der Waals surface area contributed by atoms with E-state index in [1.807, 2.05) is 0 Å². The van der Waals surface area contributed by atoms with E-state index in [4.69, 9.17) is 0 Å². The lowest BCUT2D eigenvalue weighted by molar-refractivity contribution is 0.0764. The Morgan fingerprint density at radius 3 is 2.87 bits per heavy atom. The Labute approximate surface area is 87.8 Å². The molecule has 2 N–H and O–H groups in total. The number of carbonyl (C=O) groups excluding carboxylic acids is 1. The summed E-state index contributed by atoms with van der Waals surface area (Å²) >= 11 is 0. The van der Waals surface area contributed by atoms with Crippen LogP contribution in [0.5, 0.6) is 5.75 Å². The second-order valence-electron chi connectivity index (χ2n) is 3.74. The fraction of sp³-hybridized carbons (Fsp3) is 0.364. The van der Waals surface area contributed by atoms with Crippen LogP contribution in [0.15, 0.2) is 24.3 Å². The Balaban J connectivity index is 2.14. The first-order chi connectivity index (χ1) is 7.16. The van der Waals surface area contributed by atoms with Gasteiger partial charge in [-0.15, -0.1) is 0 Å². The number of rotatable bonds is 1. The molecule has 0 radical (unpaired) electrons. The van der Waals surface area contributed by atoms with E-state index in [1.165, 1.54) is 12.1 Å². The molecule has 1 saturated heterocycles. The van der Waals surface area contributed by atoms with Crippen LogP contribution in [0.3, 0.4) is 0 Å². The van der Waals surface area contributed by atoms with Gasteiger partial charge in [-0.3, -0.25) is 4.79 Å². The molecule has 1 aromatic carbocycles. The van der Waals surface area contributed by atoms with Crippen LogP contribution >= 0.6 is 0 Å². The maximum atomic E-state index is 11.8. The number of aromatic hydroxyl groups is 1. The second kappa shape index (κ2) is 3.90. The van der Waals surface area contributed by atoms with E-state index < -0.39 is 6.10 Å². The van der Waals surface area contributed by atoms with Crippen molar-refractivity contribution >= 4 is 5.91 Å². The Kier molecular flexibility index (Phi) is 2.60. The van der Waals surface area contributed by atoms with Gasteiger partial charge in [0.15, 0.2) is 0 Å². The average molecular weight is 207 g/mol. The number of amides is 1. The minimum absolute atomic E-state index is 0.0839. The van der Waals surface area contributed by atoms with E-state index in [1.54, 1.807) is 17.0 Å². The molecule has 1 aliphatic rings. The van der Waals surface area contributed by atoms with Crippen molar-refractivity contribution in [2.24, 2.45) is 0 Å². The third-order valence-electron chi connectivity index (χ3n) is 2.54. The molecule has 0 aliphatic carbocycles. The van der Waals surface area contributed by atoms with E-state index in [2.05, 4.69) is 0 Å². The van der Waals surface area contributed by atoms with Crippen molar-refractivity contribution in [2.45, 2.75) is 12.5 Å². The molecule has 1 heterocycles.